The zero-order valence-electron chi connectivity index (χ0n) is 12.7. The summed E-state index contributed by atoms with van der Waals surface area (Å²) in [4.78, 5) is 18.1. The van der Waals surface area contributed by atoms with Crippen molar-refractivity contribution in [3.05, 3.63) is 78.3 Å². The number of aromatic nitrogens is 1. The topological polar surface area (TPSA) is 54.0 Å². The first-order valence-corrected chi connectivity index (χ1v) is 8.50. The Morgan fingerprint density at radius 3 is 2.74 bits per heavy atom. The van der Waals surface area contributed by atoms with E-state index in [0.717, 1.165) is 10.6 Å². The van der Waals surface area contributed by atoms with Gasteiger partial charge in [-0.1, -0.05) is 12.2 Å². The molecule has 2 heterocycles. The molecule has 2 aromatic rings. The summed E-state index contributed by atoms with van der Waals surface area (Å²) in [6.07, 6.45) is 11.4. The Morgan fingerprint density at radius 1 is 1.22 bits per heavy atom. The second kappa shape index (κ2) is 7.15. The van der Waals surface area contributed by atoms with Crippen LogP contribution in [0.15, 0.2) is 71.9 Å². The maximum Gasteiger partial charge on any atom is 0.257 e. The van der Waals surface area contributed by atoms with Gasteiger partial charge in [-0.25, -0.2) is 0 Å². The van der Waals surface area contributed by atoms with Crippen molar-refractivity contribution in [2.45, 2.75) is 10.9 Å². The SMILES string of the molecule is CSc1ccc(NC(=O)c2cccnc2C2C=CC=CN2)cc1. The van der Waals surface area contributed by atoms with Crippen LogP contribution >= 0.6 is 11.8 Å². The lowest BCUT2D eigenvalue weighted by molar-refractivity contribution is 0.102. The predicted octanol–water partition coefficient (Wildman–Crippen LogP) is 3.77. The lowest BCUT2D eigenvalue weighted by Crippen LogP contribution is -2.22. The van der Waals surface area contributed by atoms with E-state index in [0.29, 0.717) is 11.3 Å². The first-order valence-electron chi connectivity index (χ1n) is 7.27. The largest absolute Gasteiger partial charge is 0.379 e. The van der Waals surface area contributed by atoms with E-state index < -0.39 is 0 Å². The van der Waals surface area contributed by atoms with Crippen LogP contribution in [-0.4, -0.2) is 17.1 Å². The van der Waals surface area contributed by atoms with Crippen LogP contribution in [0, 0.1) is 0 Å². The van der Waals surface area contributed by atoms with Crippen LogP contribution in [0.5, 0.6) is 0 Å². The van der Waals surface area contributed by atoms with Crippen molar-refractivity contribution in [3.8, 4) is 0 Å². The Balaban J connectivity index is 1.81. The van der Waals surface area contributed by atoms with Gasteiger partial charge in [-0.05, 0) is 54.9 Å². The number of carbonyl (C=O) groups is 1. The number of anilines is 1. The van der Waals surface area contributed by atoms with Crippen molar-refractivity contribution < 1.29 is 4.79 Å². The highest BCUT2D eigenvalue weighted by atomic mass is 32.2. The second-order valence-corrected chi connectivity index (χ2v) is 5.89. The molecule has 0 saturated carbocycles. The van der Waals surface area contributed by atoms with Gasteiger partial charge in [0.05, 0.1) is 17.3 Å². The number of amides is 1. The lowest BCUT2D eigenvalue weighted by Gasteiger charge is -2.18. The van der Waals surface area contributed by atoms with E-state index in [1.165, 1.54) is 0 Å². The van der Waals surface area contributed by atoms with Crippen molar-refractivity contribution in [1.82, 2.24) is 10.3 Å². The number of nitrogens with zero attached hydrogens (tertiary/aromatic N) is 1. The molecule has 0 bridgehead atoms. The van der Waals surface area contributed by atoms with Gasteiger partial charge in [0, 0.05) is 16.8 Å². The molecule has 0 saturated heterocycles. The normalized spacial score (nSPS) is 16.0. The second-order valence-electron chi connectivity index (χ2n) is 5.01. The van der Waals surface area contributed by atoms with Gasteiger partial charge >= 0.3 is 0 Å². The van der Waals surface area contributed by atoms with Crippen LogP contribution < -0.4 is 10.6 Å². The molecule has 1 aliphatic heterocycles. The average Bonchev–Trinajstić information content (AvgIpc) is 2.63. The zero-order valence-corrected chi connectivity index (χ0v) is 13.5. The molecule has 3 rings (SSSR count). The van der Waals surface area contributed by atoms with Crippen LogP contribution in [0.2, 0.25) is 0 Å². The molecule has 5 heteroatoms. The fourth-order valence-electron chi connectivity index (χ4n) is 2.35. The first kappa shape index (κ1) is 15.4. The molecule has 23 heavy (non-hydrogen) atoms. The van der Waals surface area contributed by atoms with Crippen LogP contribution in [0.4, 0.5) is 5.69 Å². The summed E-state index contributed by atoms with van der Waals surface area (Å²) < 4.78 is 0. The molecule has 1 atom stereocenters. The Bertz CT molecular complexity index is 753. The molecule has 1 aromatic heterocycles. The maximum absolute atomic E-state index is 12.6. The van der Waals surface area contributed by atoms with E-state index >= 15 is 0 Å². The molecule has 4 nitrogen and oxygen atoms in total. The summed E-state index contributed by atoms with van der Waals surface area (Å²) in [6, 6.07) is 11.3. The van der Waals surface area contributed by atoms with E-state index in [2.05, 4.69) is 15.6 Å². The quantitative estimate of drug-likeness (QED) is 0.841. The Morgan fingerprint density at radius 2 is 2.04 bits per heavy atom. The summed E-state index contributed by atoms with van der Waals surface area (Å²) in [5.41, 5.74) is 2.06. The monoisotopic (exact) mass is 323 g/mol. The van der Waals surface area contributed by atoms with Crippen LogP contribution in [-0.2, 0) is 0 Å². The highest BCUT2D eigenvalue weighted by Crippen LogP contribution is 2.21. The van der Waals surface area contributed by atoms with Crippen LogP contribution in [0.1, 0.15) is 22.1 Å². The van der Waals surface area contributed by atoms with E-state index in [4.69, 9.17) is 0 Å². The highest BCUT2D eigenvalue weighted by Gasteiger charge is 2.18. The lowest BCUT2D eigenvalue weighted by atomic mass is 10.0. The molecule has 1 aromatic carbocycles. The number of hydrogen-bond acceptors (Lipinski definition) is 4. The smallest absolute Gasteiger partial charge is 0.257 e. The number of pyridine rings is 1. The van der Waals surface area contributed by atoms with E-state index in [-0.39, 0.29) is 11.9 Å². The summed E-state index contributed by atoms with van der Waals surface area (Å²) in [5.74, 6) is -0.158. The van der Waals surface area contributed by atoms with Gasteiger partial charge in [0.1, 0.15) is 0 Å². The number of dihydropyridines is 1. The van der Waals surface area contributed by atoms with Gasteiger partial charge < -0.3 is 10.6 Å². The number of rotatable bonds is 4. The summed E-state index contributed by atoms with van der Waals surface area (Å²) in [7, 11) is 0. The third kappa shape index (κ3) is 3.63. The predicted molar refractivity (Wildman–Crippen MR) is 94.6 cm³/mol. The molecule has 2 N–H and O–H groups in total. The third-order valence-electron chi connectivity index (χ3n) is 3.51. The summed E-state index contributed by atoms with van der Waals surface area (Å²) in [6.45, 7) is 0. The molecule has 0 fully saturated rings. The number of nitrogens with one attached hydrogen (secondary N) is 2. The molecule has 116 valence electrons. The van der Waals surface area contributed by atoms with E-state index in [1.54, 1.807) is 30.1 Å². The number of carbonyl (C=O) groups excluding carboxylic acids is 1. The zero-order chi connectivity index (χ0) is 16.1. The molecule has 1 aliphatic rings. The fraction of sp³-hybridized carbons (Fsp3) is 0.111. The number of allylic oxidation sites excluding steroid dienone is 2. The fourth-order valence-corrected chi connectivity index (χ4v) is 2.75. The van der Waals surface area contributed by atoms with Gasteiger partial charge in [0.25, 0.3) is 5.91 Å². The first-order chi connectivity index (χ1) is 11.3. The van der Waals surface area contributed by atoms with E-state index in [9.17, 15) is 4.79 Å². The summed E-state index contributed by atoms with van der Waals surface area (Å²) >= 11 is 1.67. The molecule has 1 unspecified atom stereocenters. The molecule has 0 radical (unpaired) electrons. The highest BCUT2D eigenvalue weighted by molar-refractivity contribution is 7.98. The van der Waals surface area contributed by atoms with Crippen molar-refractivity contribution in [2.24, 2.45) is 0 Å². The van der Waals surface area contributed by atoms with Gasteiger partial charge in [-0.2, -0.15) is 0 Å². The standard InChI is InChI=1S/C18H17N3OS/c1-23-14-9-7-13(8-10-14)21-18(22)15-5-4-12-20-17(15)16-6-2-3-11-19-16/h2-12,16,19H,1H3,(H,21,22). The third-order valence-corrected chi connectivity index (χ3v) is 4.26. The Labute approximate surface area is 139 Å². The minimum absolute atomic E-state index is 0.0965. The Kier molecular flexibility index (Phi) is 4.78. The van der Waals surface area contributed by atoms with Gasteiger partial charge in [0.15, 0.2) is 0 Å². The minimum atomic E-state index is -0.158. The van der Waals surface area contributed by atoms with Crippen molar-refractivity contribution in [2.75, 3.05) is 11.6 Å². The van der Waals surface area contributed by atoms with Crippen LogP contribution in [0.25, 0.3) is 0 Å². The van der Waals surface area contributed by atoms with Gasteiger partial charge in [0.2, 0.25) is 0 Å². The molecular formula is C18H17N3OS. The number of hydrogen-bond donors (Lipinski definition) is 2. The number of benzene rings is 1. The maximum atomic E-state index is 12.6. The van der Waals surface area contributed by atoms with Gasteiger partial charge in [-0.15, -0.1) is 11.8 Å². The van der Waals surface area contributed by atoms with Crippen molar-refractivity contribution in [1.29, 1.82) is 0 Å². The Hall–Kier alpha value is -2.53. The van der Waals surface area contributed by atoms with Crippen molar-refractivity contribution >= 4 is 23.4 Å². The van der Waals surface area contributed by atoms with Gasteiger partial charge in [-0.3, -0.25) is 9.78 Å². The molecule has 0 aliphatic carbocycles. The molecule has 1 amide bonds. The average molecular weight is 323 g/mol. The summed E-state index contributed by atoms with van der Waals surface area (Å²) in [5, 5.41) is 6.13. The van der Waals surface area contributed by atoms with Crippen LogP contribution in [0.3, 0.4) is 0 Å². The van der Waals surface area contributed by atoms with Crippen molar-refractivity contribution in [3.63, 3.8) is 0 Å². The minimum Gasteiger partial charge on any atom is -0.379 e. The molecular weight excluding hydrogens is 306 g/mol. The van der Waals surface area contributed by atoms with E-state index in [1.807, 2.05) is 54.9 Å². The number of thioether (sulfide) groups is 1. The molecule has 0 spiro atoms.